The van der Waals surface area contributed by atoms with Crippen LogP contribution in [-0.4, -0.2) is 21.0 Å². The molecule has 3 nitrogen and oxygen atoms in total. The lowest BCUT2D eigenvalue weighted by Crippen LogP contribution is -2.09. The molecule has 0 N–H and O–H groups in total. The van der Waals surface area contributed by atoms with Crippen molar-refractivity contribution in [2.75, 3.05) is 0 Å². The van der Waals surface area contributed by atoms with E-state index >= 15 is 0 Å². The van der Waals surface area contributed by atoms with Crippen LogP contribution in [0, 0.1) is 20.8 Å². The highest BCUT2D eigenvalue weighted by molar-refractivity contribution is 8.00. The summed E-state index contributed by atoms with van der Waals surface area (Å²) in [4.78, 5) is 19.8. The van der Waals surface area contributed by atoms with Crippen LogP contribution in [0.2, 0.25) is 0 Å². The van der Waals surface area contributed by atoms with Crippen molar-refractivity contribution in [3.05, 3.63) is 17.0 Å². The summed E-state index contributed by atoms with van der Waals surface area (Å²) in [5.41, 5.74) is 3.09. The second kappa shape index (κ2) is 4.75. The van der Waals surface area contributed by atoms with Gasteiger partial charge in [-0.3, -0.25) is 4.79 Å². The summed E-state index contributed by atoms with van der Waals surface area (Å²) in [6.45, 7) is 9.40. The number of hydrogen-bond acceptors (Lipinski definition) is 4. The van der Waals surface area contributed by atoms with Crippen LogP contribution in [0.1, 0.15) is 30.8 Å². The summed E-state index contributed by atoms with van der Waals surface area (Å²) in [6, 6.07) is 0. The third-order valence-corrected chi connectivity index (χ3v) is 3.55. The first-order chi connectivity index (χ1) is 6.91. The summed E-state index contributed by atoms with van der Waals surface area (Å²) >= 11 is 1.42. The number of aryl methyl sites for hydroxylation is 2. The Morgan fingerprint density at radius 3 is 2.07 bits per heavy atom. The molecule has 15 heavy (non-hydrogen) atoms. The Bertz CT molecular complexity index is 367. The van der Waals surface area contributed by atoms with E-state index in [1.54, 1.807) is 6.92 Å². The maximum atomic E-state index is 11.1. The summed E-state index contributed by atoms with van der Waals surface area (Å²) in [6.07, 6.45) is 0. The Hall–Kier alpha value is -0.900. The molecule has 0 saturated carbocycles. The van der Waals surface area contributed by atoms with E-state index < -0.39 is 0 Å². The van der Waals surface area contributed by atoms with E-state index in [0.29, 0.717) is 5.16 Å². The van der Waals surface area contributed by atoms with Crippen LogP contribution in [0.3, 0.4) is 0 Å². The number of thioether (sulfide) groups is 1. The smallest absolute Gasteiger partial charge is 0.188 e. The molecule has 0 aliphatic heterocycles. The Labute approximate surface area is 94.7 Å². The predicted molar refractivity (Wildman–Crippen MR) is 62.2 cm³/mol. The van der Waals surface area contributed by atoms with Crippen LogP contribution < -0.4 is 0 Å². The quantitative estimate of drug-likeness (QED) is 0.584. The van der Waals surface area contributed by atoms with Gasteiger partial charge >= 0.3 is 0 Å². The zero-order chi connectivity index (χ0) is 11.6. The minimum atomic E-state index is -0.0773. The highest BCUT2D eigenvalue weighted by atomic mass is 32.2. The van der Waals surface area contributed by atoms with Gasteiger partial charge in [-0.1, -0.05) is 11.8 Å². The summed E-state index contributed by atoms with van der Waals surface area (Å²) in [5, 5.41) is 0.616. The van der Waals surface area contributed by atoms with E-state index in [1.165, 1.54) is 11.8 Å². The minimum Gasteiger partial charge on any atom is -0.299 e. The van der Waals surface area contributed by atoms with Gasteiger partial charge < -0.3 is 0 Å². The van der Waals surface area contributed by atoms with Gasteiger partial charge in [0.15, 0.2) is 5.16 Å². The Kier molecular flexibility index (Phi) is 3.85. The van der Waals surface area contributed by atoms with Crippen molar-refractivity contribution in [3.63, 3.8) is 0 Å². The van der Waals surface area contributed by atoms with Gasteiger partial charge in [-0.15, -0.1) is 0 Å². The van der Waals surface area contributed by atoms with Gasteiger partial charge in [0.2, 0.25) is 0 Å². The molecule has 4 heteroatoms. The summed E-state index contributed by atoms with van der Waals surface area (Å²) < 4.78 is 0. The average molecular weight is 224 g/mol. The lowest BCUT2D eigenvalue weighted by molar-refractivity contribution is -0.116. The van der Waals surface area contributed by atoms with E-state index in [2.05, 4.69) is 9.97 Å². The molecule has 0 spiro atoms. The molecule has 0 aliphatic carbocycles. The maximum Gasteiger partial charge on any atom is 0.188 e. The topological polar surface area (TPSA) is 42.9 Å². The number of aromatic nitrogens is 2. The minimum absolute atomic E-state index is 0.0773. The van der Waals surface area contributed by atoms with Gasteiger partial charge in [-0.05, 0) is 40.2 Å². The molecule has 0 saturated heterocycles. The zero-order valence-electron chi connectivity index (χ0n) is 9.79. The zero-order valence-corrected chi connectivity index (χ0v) is 10.6. The molecular weight excluding hydrogens is 208 g/mol. The largest absolute Gasteiger partial charge is 0.299 e. The molecular formula is C11H16N2OS. The molecule has 1 rings (SSSR count). The van der Waals surface area contributed by atoms with E-state index in [-0.39, 0.29) is 11.0 Å². The highest BCUT2D eigenvalue weighted by Crippen LogP contribution is 2.21. The fraction of sp³-hybridized carbons (Fsp3) is 0.545. The van der Waals surface area contributed by atoms with Crippen LogP contribution >= 0.6 is 11.8 Å². The molecule has 0 bridgehead atoms. The lowest BCUT2D eigenvalue weighted by atomic mass is 10.2. The maximum absolute atomic E-state index is 11.1. The molecule has 0 fully saturated rings. The summed E-state index contributed by atoms with van der Waals surface area (Å²) in [7, 11) is 0. The number of hydrogen-bond donors (Lipinski definition) is 0. The van der Waals surface area contributed by atoms with Crippen LogP contribution in [0.4, 0.5) is 0 Å². The first kappa shape index (κ1) is 12.2. The first-order valence-corrected chi connectivity index (χ1v) is 5.78. The van der Waals surface area contributed by atoms with Crippen molar-refractivity contribution in [1.82, 2.24) is 9.97 Å². The monoisotopic (exact) mass is 224 g/mol. The Balaban J connectivity index is 2.92. The predicted octanol–water partition coefficient (Wildman–Crippen LogP) is 2.47. The normalized spacial score (nSPS) is 12.6. The fourth-order valence-electron chi connectivity index (χ4n) is 1.04. The van der Waals surface area contributed by atoms with Crippen molar-refractivity contribution < 1.29 is 4.79 Å². The van der Waals surface area contributed by atoms with Crippen LogP contribution in [0.15, 0.2) is 5.16 Å². The Morgan fingerprint density at radius 2 is 1.67 bits per heavy atom. The number of rotatable bonds is 3. The van der Waals surface area contributed by atoms with Crippen LogP contribution in [0.5, 0.6) is 0 Å². The van der Waals surface area contributed by atoms with Crippen molar-refractivity contribution >= 4 is 17.5 Å². The van der Waals surface area contributed by atoms with E-state index in [0.717, 1.165) is 17.0 Å². The van der Waals surface area contributed by atoms with Crippen molar-refractivity contribution in [2.24, 2.45) is 0 Å². The van der Waals surface area contributed by atoms with Gasteiger partial charge in [0.1, 0.15) is 5.78 Å². The van der Waals surface area contributed by atoms with Crippen LogP contribution in [0.25, 0.3) is 0 Å². The van der Waals surface area contributed by atoms with Crippen molar-refractivity contribution in [1.29, 1.82) is 0 Å². The molecule has 1 heterocycles. The molecule has 82 valence electrons. The molecule has 1 aromatic heterocycles. The van der Waals surface area contributed by atoms with Gasteiger partial charge in [0.25, 0.3) is 0 Å². The van der Waals surface area contributed by atoms with E-state index in [1.807, 2.05) is 27.7 Å². The molecule has 1 aromatic rings. The van der Waals surface area contributed by atoms with E-state index in [4.69, 9.17) is 0 Å². The van der Waals surface area contributed by atoms with Crippen molar-refractivity contribution in [2.45, 2.75) is 45.0 Å². The number of nitrogens with zero attached hydrogens (tertiary/aromatic N) is 2. The van der Waals surface area contributed by atoms with Gasteiger partial charge in [0, 0.05) is 11.4 Å². The number of Topliss-reactive ketones (excluding diaryl/α,β-unsaturated/α-hetero) is 1. The highest BCUT2D eigenvalue weighted by Gasteiger charge is 2.12. The third-order valence-electron chi connectivity index (χ3n) is 2.47. The second-order valence-corrected chi connectivity index (χ2v) is 4.98. The second-order valence-electron chi connectivity index (χ2n) is 3.67. The average Bonchev–Trinajstić information content (AvgIpc) is 2.13. The molecule has 1 atom stereocenters. The number of ketones is 1. The van der Waals surface area contributed by atoms with E-state index in [9.17, 15) is 4.79 Å². The van der Waals surface area contributed by atoms with Gasteiger partial charge in [-0.25, -0.2) is 9.97 Å². The van der Waals surface area contributed by atoms with Gasteiger partial charge in [0.05, 0.1) is 5.25 Å². The molecule has 0 aromatic carbocycles. The SMILES string of the molecule is CC(=O)C(C)Sc1nc(C)c(C)c(C)n1. The van der Waals surface area contributed by atoms with Crippen LogP contribution in [-0.2, 0) is 4.79 Å². The fourth-order valence-corrected chi connectivity index (χ4v) is 1.90. The Morgan fingerprint density at radius 1 is 1.20 bits per heavy atom. The lowest BCUT2D eigenvalue weighted by Gasteiger charge is -2.09. The molecule has 0 amide bonds. The van der Waals surface area contributed by atoms with Crippen molar-refractivity contribution in [3.8, 4) is 0 Å². The summed E-state index contributed by atoms with van der Waals surface area (Å²) in [5.74, 6) is 0.152. The number of carbonyl (C=O) groups is 1. The molecule has 0 aliphatic rings. The molecule has 1 unspecified atom stereocenters. The first-order valence-electron chi connectivity index (χ1n) is 4.90. The third kappa shape index (κ3) is 3.02. The standard InChI is InChI=1S/C11H16N2OS/c1-6-7(2)12-11(13-8(6)3)15-10(5)9(4)14/h10H,1-5H3. The number of carbonyl (C=O) groups excluding carboxylic acids is 1. The molecule has 0 radical (unpaired) electrons. The van der Waals surface area contributed by atoms with Gasteiger partial charge in [-0.2, -0.15) is 0 Å².